The average Bonchev–Trinajstić information content (AvgIpc) is 3.45. The third-order valence-corrected chi connectivity index (χ3v) is 6.74. The Morgan fingerprint density at radius 2 is 1.85 bits per heavy atom. The number of hydrogen-bond acceptors (Lipinski definition) is 3. The van der Waals surface area contributed by atoms with Crippen LogP contribution in [0.1, 0.15) is 39.2 Å². The molecule has 1 saturated carbocycles. The van der Waals surface area contributed by atoms with Gasteiger partial charge in [-0.1, -0.05) is 32.9 Å². The fraction of sp³-hybridized carbons (Fsp3) is 0.650. The number of carbonyl (C=O) groups excluding carboxylic acids is 1. The van der Waals surface area contributed by atoms with Crippen molar-refractivity contribution < 1.29 is 13.7 Å². The molecule has 0 spiro atoms. The molecule has 2 fully saturated rings. The van der Waals surface area contributed by atoms with Gasteiger partial charge in [0.1, 0.15) is 11.0 Å². The standard InChI is InChI=1S/C20H30N2O3S/c1-20(2,3)16-7-9-18(10-8-16)26(24)22-12-11-21(13-17(22)14-25-4)19(23)15-5-6-15/h7-10,15,17H,5-6,11-14H2,1-4H3. The van der Waals surface area contributed by atoms with E-state index in [1.54, 1.807) is 7.11 Å². The molecule has 1 heterocycles. The van der Waals surface area contributed by atoms with Crippen molar-refractivity contribution in [2.75, 3.05) is 33.4 Å². The Kier molecular flexibility index (Phi) is 5.85. The maximum Gasteiger partial charge on any atom is 0.225 e. The number of piperazine rings is 1. The lowest BCUT2D eigenvalue weighted by Gasteiger charge is -2.40. The highest BCUT2D eigenvalue weighted by Gasteiger charge is 2.38. The molecule has 2 atom stereocenters. The van der Waals surface area contributed by atoms with E-state index in [4.69, 9.17) is 4.74 Å². The lowest BCUT2D eigenvalue weighted by atomic mass is 9.87. The third kappa shape index (κ3) is 4.35. The van der Waals surface area contributed by atoms with Crippen LogP contribution in [0, 0.1) is 5.92 Å². The highest BCUT2D eigenvalue weighted by Crippen LogP contribution is 2.32. The number of rotatable bonds is 5. The molecule has 6 heteroatoms. The highest BCUT2D eigenvalue weighted by molar-refractivity contribution is 7.82. The Morgan fingerprint density at radius 1 is 1.19 bits per heavy atom. The predicted octanol–water partition coefficient (Wildman–Crippen LogP) is 2.58. The van der Waals surface area contributed by atoms with E-state index in [9.17, 15) is 9.00 Å². The number of ether oxygens (including phenoxy) is 1. The Labute approximate surface area is 159 Å². The second-order valence-corrected chi connectivity index (χ2v) is 9.77. The quantitative estimate of drug-likeness (QED) is 0.791. The van der Waals surface area contributed by atoms with E-state index in [-0.39, 0.29) is 23.3 Å². The molecule has 0 aromatic heterocycles. The van der Waals surface area contributed by atoms with Crippen molar-refractivity contribution in [3.05, 3.63) is 29.8 Å². The van der Waals surface area contributed by atoms with Crippen LogP contribution < -0.4 is 0 Å². The van der Waals surface area contributed by atoms with Gasteiger partial charge in [-0.15, -0.1) is 0 Å². The topological polar surface area (TPSA) is 49.9 Å². The molecule has 0 N–H and O–H groups in total. The van der Waals surface area contributed by atoms with E-state index >= 15 is 0 Å². The summed E-state index contributed by atoms with van der Waals surface area (Å²) in [5.41, 5.74) is 1.31. The van der Waals surface area contributed by atoms with Crippen molar-refractivity contribution in [3.63, 3.8) is 0 Å². The summed E-state index contributed by atoms with van der Waals surface area (Å²) in [6.45, 7) is 8.83. The summed E-state index contributed by atoms with van der Waals surface area (Å²) in [5.74, 6) is 0.478. The average molecular weight is 379 g/mol. The number of hydrogen-bond donors (Lipinski definition) is 0. The highest BCUT2D eigenvalue weighted by atomic mass is 32.2. The summed E-state index contributed by atoms with van der Waals surface area (Å²) < 4.78 is 20.5. The van der Waals surface area contributed by atoms with Crippen LogP contribution in [-0.4, -0.2) is 58.7 Å². The summed E-state index contributed by atoms with van der Waals surface area (Å²) in [5, 5.41) is 0. The number of nitrogens with zero attached hydrogens (tertiary/aromatic N) is 2. The van der Waals surface area contributed by atoms with Crippen LogP contribution in [0.3, 0.4) is 0 Å². The molecule has 0 radical (unpaired) electrons. The van der Waals surface area contributed by atoms with Crippen molar-refractivity contribution in [1.82, 2.24) is 9.21 Å². The molecule has 1 saturated heterocycles. The molecule has 1 aliphatic heterocycles. The molecule has 1 aromatic rings. The first-order chi connectivity index (χ1) is 12.3. The van der Waals surface area contributed by atoms with Crippen LogP contribution in [0.2, 0.25) is 0 Å². The molecular formula is C20H30N2O3S. The number of methoxy groups -OCH3 is 1. The second kappa shape index (κ2) is 7.79. The summed E-state index contributed by atoms with van der Waals surface area (Å²) in [4.78, 5) is 15.1. The van der Waals surface area contributed by atoms with Gasteiger partial charge < -0.3 is 9.64 Å². The van der Waals surface area contributed by atoms with E-state index in [1.807, 2.05) is 21.3 Å². The zero-order chi connectivity index (χ0) is 18.9. The van der Waals surface area contributed by atoms with Gasteiger partial charge in [-0.2, -0.15) is 0 Å². The normalized spacial score (nSPS) is 23.1. The van der Waals surface area contributed by atoms with Crippen molar-refractivity contribution in [2.45, 2.75) is 50.0 Å². The van der Waals surface area contributed by atoms with Gasteiger partial charge in [0.25, 0.3) is 0 Å². The smallest absolute Gasteiger partial charge is 0.225 e. The van der Waals surface area contributed by atoms with Crippen LogP contribution in [0.15, 0.2) is 29.2 Å². The summed E-state index contributed by atoms with van der Waals surface area (Å²) in [6, 6.07) is 8.00. The third-order valence-electron chi connectivity index (χ3n) is 5.16. The van der Waals surface area contributed by atoms with Crippen LogP contribution in [0.25, 0.3) is 0 Å². The molecular weight excluding hydrogens is 348 g/mol. The van der Waals surface area contributed by atoms with Crippen LogP contribution >= 0.6 is 0 Å². The van der Waals surface area contributed by atoms with E-state index in [2.05, 4.69) is 32.9 Å². The van der Waals surface area contributed by atoms with Gasteiger partial charge in [-0.05, 0) is 36.0 Å². The number of carbonyl (C=O) groups is 1. The largest absolute Gasteiger partial charge is 0.383 e. The minimum Gasteiger partial charge on any atom is -0.383 e. The van der Waals surface area contributed by atoms with Crippen molar-refractivity contribution in [2.24, 2.45) is 5.92 Å². The molecule has 26 heavy (non-hydrogen) atoms. The lowest BCUT2D eigenvalue weighted by molar-refractivity contribution is -0.135. The lowest BCUT2D eigenvalue weighted by Crippen LogP contribution is -2.56. The second-order valence-electron chi connectivity index (χ2n) is 8.33. The molecule has 0 bridgehead atoms. The maximum absolute atomic E-state index is 13.1. The summed E-state index contributed by atoms with van der Waals surface area (Å²) in [7, 11) is 0.409. The molecule has 1 amide bonds. The molecule has 1 aliphatic carbocycles. The van der Waals surface area contributed by atoms with Gasteiger partial charge in [0.15, 0.2) is 0 Å². The molecule has 2 aliphatic rings. The zero-order valence-electron chi connectivity index (χ0n) is 16.2. The van der Waals surface area contributed by atoms with Crippen LogP contribution in [0.5, 0.6) is 0 Å². The van der Waals surface area contributed by atoms with Crippen LogP contribution in [0.4, 0.5) is 0 Å². The van der Waals surface area contributed by atoms with Gasteiger partial charge in [0, 0.05) is 32.7 Å². The van der Waals surface area contributed by atoms with E-state index in [0.717, 1.165) is 17.7 Å². The van der Waals surface area contributed by atoms with Gasteiger partial charge in [0.2, 0.25) is 5.91 Å². The first-order valence-corrected chi connectivity index (χ1v) is 10.5. The van der Waals surface area contributed by atoms with Crippen molar-refractivity contribution >= 4 is 16.9 Å². The Hall–Kier alpha value is -1.24. The van der Waals surface area contributed by atoms with E-state index in [1.165, 1.54) is 5.56 Å². The van der Waals surface area contributed by atoms with Gasteiger partial charge in [-0.25, -0.2) is 8.51 Å². The maximum atomic E-state index is 13.1. The van der Waals surface area contributed by atoms with E-state index < -0.39 is 11.0 Å². The molecule has 5 nitrogen and oxygen atoms in total. The minimum atomic E-state index is -1.24. The summed E-state index contributed by atoms with van der Waals surface area (Å²) in [6.07, 6.45) is 2.03. The monoisotopic (exact) mass is 378 g/mol. The van der Waals surface area contributed by atoms with Gasteiger partial charge in [-0.3, -0.25) is 4.79 Å². The zero-order valence-corrected chi connectivity index (χ0v) is 17.1. The Bertz CT molecular complexity index is 665. The van der Waals surface area contributed by atoms with Crippen molar-refractivity contribution in [3.8, 4) is 0 Å². The molecule has 2 unspecified atom stereocenters. The SMILES string of the molecule is COCC1CN(C(=O)C2CC2)CCN1S(=O)c1ccc(C(C)(C)C)cc1. The fourth-order valence-electron chi connectivity index (χ4n) is 3.38. The first-order valence-electron chi connectivity index (χ1n) is 9.38. The van der Waals surface area contributed by atoms with Gasteiger partial charge >= 0.3 is 0 Å². The number of amides is 1. The molecule has 1 aromatic carbocycles. The Morgan fingerprint density at radius 3 is 2.38 bits per heavy atom. The Balaban J connectivity index is 1.72. The minimum absolute atomic E-state index is 0.0421. The fourth-order valence-corrected chi connectivity index (χ4v) is 4.67. The predicted molar refractivity (Wildman–Crippen MR) is 103 cm³/mol. The molecule has 144 valence electrons. The van der Waals surface area contributed by atoms with Gasteiger partial charge in [0.05, 0.1) is 17.5 Å². The molecule has 3 rings (SSSR count). The summed E-state index contributed by atoms with van der Waals surface area (Å²) >= 11 is 0. The number of benzene rings is 1. The van der Waals surface area contributed by atoms with Crippen LogP contribution in [-0.2, 0) is 25.9 Å². The first kappa shape index (κ1) is 19.5. The van der Waals surface area contributed by atoms with E-state index in [0.29, 0.717) is 26.2 Å². The van der Waals surface area contributed by atoms with Crippen molar-refractivity contribution in [1.29, 1.82) is 0 Å².